The number of carbonyl (C=O) groups excluding carboxylic acids is 8. The number of rotatable bonds is 30. The van der Waals surface area contributed by atoms with Gasteiger partial charge >= 0.3 is 11.9 Å². The number of benzene rings is 1. The number of guanidine groups is 1. The first kappa shape index (κ1) is 56.1. The molecule has 1 aliphatic heterocycles. The van der Waals surface area contributed by atoms with Crippen molar-refractivity contribution in [3.63, 3.8) is 0 Å². The molecule has 3 rings (SSSR count). The lowest BCUT2D eigenvalue weighted by Crippen LogP contribution is -2.59. The average Bonchev–Trinajstić information content (AvgIpc) is 3.94. The summed E-state index contributed by atoms with van der Waals surface area (Å²) in [4.78, 5) is 137. The first-order valence-electron chi connectivity index (χ1n) is 21.6. The van der Waals surface area contributed by atoms with Crippen molar-refractivity contribution in [1.29, 1.82) is 0 Å². The highest BCUT2D eigenvalue weighted by molar-refractivity contribution is 8.76. The molecular weight excluding hydrogens is 949 g/mol. The first-order valence-corrected chi connectivity index (χ1v) is 24.7. The lowest BCUT2D eigenvalue weighted by atomic mass is 10.0. The van der Waals surface area contributed by atoms with E-state index in [4.69, 9.17) is 22.3 Å². The molecule has 2 aromatic rings. The van der Waals surface area contributed by atoms with E-state index >= 15 is 0 Å². The van der Waals surface area contributed by atoms with E-state index in [0.717, 1.165) is 10.9 Å². The molecule has 27 heteroatoms. The van der Waals surface area contributed by atoms with Crippen LogP contribution in [0.5, 0.6) is 0 Å². The summed E-state index contributed by atoms with van der Waals surface area (Å²) in [6, 6.07) is -0.487. The smallest absolute Gasteiger partial charge is 0.305 e. The van der Waals surface area contributed by atoms with Gasteiger partial charge in [-0.15, -0.1) is 0 Å². The molecule has 1 aromatic carbocycles. The normalized spacial score (nSPS) is 15.4. The molecule has 0 radical (unpaired) electrons. The van der Waals surface area contributed by atoms with E-state index in [-0.39, 0.29) is 56.9 Å². The third-order valence-electron chi connectivity index (χ3n) is 10.3. The molecule has 1 saturated heterocycles. The van der Waals surface area contributed by atoms with Crippen molar-refractivity contribution in [1.82, 2.24) is 41.8 Å². The van der Waals surface area contributed by atoms with Gasteiger partial charge in [0.2, 0.25) is 47.3 Å². The van der Waals surface area contributed by atoms with Gasteiger partial charge in [-0.05, 0) is 50.7 Å². The molecule has 15 N–H and O–H groups in total. The second-order valence-corrected chi connectivity index (χ2v) is 18.7. The number of hydrogen-bond donors (Lipinski definition) is 13. The number of carboxylic acid groups (broad SMARTS) is 2. The minimum Gasteiger partial charge on any atom is -0.481 e. The molecule has 24 nitrogen and oxygen atoms in total. The van der Waals surface area contributed by atoms with Gasteiger partial charge in [0, 0.05) is 60.3 Å². The number of aromatic amines is 1. The van der Waals surface area contributed by atoms with E-state index in [9.17, 15) is 53.1 Å². The summed E-state index contributed by atoms with van der Waals surface area (Å²) < 4.78 is 0. The molecule has 2 heterocycles. The lowest BCUT2D eigenvalue weighted by molar-refractivity contribution is -0.143. The summed E-state index contributed by atoms with van der Waals surface area (Å²) in [5, 5.41) is 34.1. The van der Waals surface area contributed by atoms with Crippen LogP contribution < -0.4 is 49.1 Å². The van der Waals surface area contributed by atoms with E-state index in [1.54, 1.807) is 30.5 Å². The highest BCUT2D eigenvalue weighted by Crippen LogP contribution is 2.24. The van der Waals surface area contributed by atoms with E-state index in [1.807, 2.05) is 0 Å². The number of aliphatic carboxylic acids is 2. The monoisotopic (exact) mass is 1010 g/mol. The van der Waals surface area contributed by atoms with Crippen LogP contribution in [-0.4, -0.2) is 158 Å². The molecule has 1 aromatic heterocycles. The predicted octanol–water partition coefficient (Wildman–Crippen LogP) is -2.16. The number of nitrogens with zero attached hydrogens (tertiary/aromatic N) is 2. The molecule has 0 spiro atoms. The van der Waals surface area contributed by atoms with Gasteiger partial charge in [-0.1, -0.05) is 39.8 Å². The number of carbonyl (C=O) groups is 10. The molecule has 1 fully saturated rings. The van der Waals surface area contributed by atoms with Gasteiger partial charge in [-0.3, -0.25) is 52.9 Å². The largest absolute Gasteiger partial charge is 0.481 e. The SMILES string of the molecule is C[C@H](NC(=O)CCSSCCC(=O)O)C(=O)N[C@@H](CCCCN=C(N)N)C(=O)NCC(=O)N[C@@H](CC(=O)O)C(=O)N[C@@H](Cc1c[nH]c2ccccc12)C(=O)N1CCC[C@H]1C(=O)N[C@@H](CS)C(N)=O. The van der Waals surface area contributed by atoms with Crippen molar-refractivity contribution in [2.45, 2.75) is 101 Å². The van der Waals surface area contributed by atoms with E-state index in [1.165, 1.54) is 33.4 Å². The number of unbranched alkanes of at least 4 members (excludes halogenated alkanes) is 1. The molecule has 374 valence electrons. The molecular formula is C41H60N12O12S3. The minimum absolute atomic E-state index is 0.0277. The fourth-order valence-electron chi connectivity index (χ4n) is 6.88. The van der Waals surface area contributed by atoms with Gasteiger partial charge in [-0.25, -0.2) is 0 Å². The molecule has 8 amide bonds. The quantitative estimate of drug-likeness (QED) is 0.0130. The second kappa shape index (κ2) is 28.8. The molecule has 0 saturated carbocycles. The van der Waals surface area contributed by atoms with Crippen LogP contribution in [0.3, 0.4) is 0 Å². The number of aromatic nitrogens is 1. The van der Waals surface area contributed by atoms with Crippen LogP contribution in [0.15, 0.2) is 35.5 Å². The maximum absolute atomic E-state index is 14.3. The number of amides is 8. The average molecular weight is 1010 g/mol. The Balaban J connectivity index is 1.73. The van der Waals surface area contributed by atoms with Gasteiger partial charge in [0.25, 0.3) is 0 Å². The number of para-hydroxylation sites is 1. The Morgan fingerprint density at radius 3 is 2.18 bits per heavy atom. The van der Waals surface area contributed by atoms with Gasteiger partial charge < -0.3 is 69.2 Å². The Kier molecular flexibility index (Phi) is 23.8. The van der Waals surface area contributed by atoms with E-state index in [0.29, 0.717) is 36.3 Å². The Bertz CT molecular complexity index is 2160. The van der Waals surface area contributed by atoms with Crippen molar-refractivity contribution in [3.05, 3.63) is 36.0 Å². The zero-order chi connectivity index (χ0) is 50.3. The van der Waals surface area contributed by atoms with Crippen LogP contribution in [-0.2, 0) is 54.4 Å². The number of primary amides is 1. The van der Waals surface area contributed by atoms with Gasteiger partial charge in [0.1, 0.15) is 36.3 Å². The lowest BCUT2D eigenvalue weighted by Gasteiger charge is -2.30. The molecule has 0 unspecified atom stereocenters. The van der Waals surface area contributed by atoms with Crippen molar-refractivity contribution >= 4 is 110 Å². The molecule has 68 heavy (non-hydrogen) atoms. The van der Waals surface area contributed by atoms with Crippen LogP contribution in [0.25, 0.3) is 10.9 Å². The molecule has 6 atom stereocenters. The fraction of sp³-hybridized carbons (Fsp3) is 0.537. The second-order valence-electron chi connectivity index (χ2n) is 15.6. The topological polar surface area (TPSA) is 393 Å². The number of likely N-dealkylation sites (tertiary alicyclic amines) is 1. The van der Waals surface area contributed by atoms with Crippen molar-refractivity contribution in [2.75, 3.05) is 36.9 Å². The van der Waals surface area contributed by atoms with Gasteiger partial charge in [0.05, 0.1) is 19.4 Å². The number of nitrogens with two attached hydrogens (primary N) is 3. The zero-order valence-electron chi connectivity index (χ0n) is 37.3. The van der Waals surface area contributed by atoms with Crippen LogP contribution in [0, 0.1) is 0 Å². The van der Waals surface area contributed by atoms with E-state index < -0.39 is 108 Å². The van der Waals surface area contributed by atoms with Crippen LogP contribution in [0.2, 0.25) is 0 Å². The summed E-state index contributed by atoms with van der Waals surface area (Å²) in [6.45, 7) is 0.950. The minimum atomic E-state index is -1.77. The Hall–Kier alpha value is -6.22. The number of carboxylic acids is 2. The highest BCUT2D eigenvalue weighted by Gasteiger charge is 2.40. The van der Waals surface area contributed by atoms with Gasteiger partial charge in [0.15, 0.2) is 5.96 Å². The first-order chi connectivity index (χ1) is 32.3. The predicted molar refractivity (Wildman–Crippen MR) is 257 cm³/mol. The summed E-state index contributed by atoms with van der Waals surface area (Å²) in [6.07, 6.45) is 1.98. The third-order valence-corrected chi connectivity index (χ3v) is 13.1. The molecule has 0 aliphatic carbocycles. The standard InChI is InChI=1S/C41H60N12O12S3/c1-22(48-31(54)11-15-67-68-16-12-33(56)57)36(61)50-26(9-4-5-13-45-41(43)44)37(62)47-20-32(55)49-27(18-34(58)59)38(63)51-28(17-23-19-46-25-8-3-2-7-24(23)25)40(65)53-14-6-10-30(53)39(64)52-29(21-66)35(42)60/h2-3,7-8,19,22,26-30,46,66H,4-6,9-18,20-21H2,1H3,(H2,42,60)(H,47,62)(H,48,54)(H,49,55)(H,50,61)(H,51,63)(H,52,64)(H,56,57)(H,58,59)(H4,43,44,45)/t22-,26-,27-,28-,29-,30-/m0/s1. The summed E-state index contributed by atoms with van der Waals surface area (Å²) in [7, 11) is 2.60. The molecule has 1 aliphatic rings. The van der Waals surface area contributed by atoms with Gasteiger partial charge in [-0.2, -0.15) is 12.6 Å². The highest BCUT2D eigenvalue weighted by atomic mass is 33.1. The van der Waals surface area contributed by atoms with Crippen molar-refractivity contribution in [3.8, 4) is 0 Å². The number of thiol groups is 1. The number of aliphatic imine (C=N–C) groups is 1. The van der Waals surface area contributed by atoms with Crippen molar-refractivity contribution < 1.29 is 58.2 Å². The van der Waals surface area contributed by atoms with E-state index in [2.05, 4.69) is 54.5 Å². The Labute approximate surface area is 404 Å². The maximum Gasteiger partial charge on any atom is 0.305 e. The maximum atomic E-state index is 14.3. The fourth-order valence-corrected chi connectivity index (χ4v) is 9.13. The Morgan fingerprint density at radius 1 is 0.824 bits per heavy atom. The summed E-state index contributed by atoms with van der Waals surface area (Å²) in [5.74, 6) is -8.21. The number of H-pyrrole nitrogens is 1. The van der Waals surface area contributed by atoms with Crippen LogP contribution in [0.1, 0.15) is 63.9 Å². The summed E-state index contributed by atoms with van der Waals surface area (Å²) >= 11 is 4.06. The van der Waals surface area contributed by atoms with Crippen LogP contribution in [0.4, 0.5) is 0 Å². The van der Waals surface area contributed by atoms with Crippen molar-refractivity contribution in [2.24, 2.45) is 22.2 Å². The zero-order valence-corrected chi connectivity index (χ0v) is 39.9. The number of nitrogens with one attached hydrogen (secondary N) is 7. The molecule has 0 bridgehead atoms. The third kappa shape index (κ3) is 19.2. The Morgan fingerprint density at radius 2 is 1.51 bits per heavy atom. The summed E-state index contributed by atoms with van der Waals surface area (Å²) in [5.41, 5.74) is 17.5. The number of fused-ring (bicyclic) bond motifs is 1. The number of hydrogen-bond acceptors (Lipinski definition) is 14. The van der Waals surface area contributed by atoms with Crippen LogP contribution >= 0.6 is 34.2 Å².